The normalized spacial score (nSPS) is 12.2. The van der Waals surface area contributed by atoms with E-state index >= 15 is 0 Å². The molecule has 4 nitrogen and oxygen atoms in total. The van der Waals surface area contributed by atoms with E-state index in [0.29, 0.717) is 23.5 Å². The van der Waals surface area contributed by atoms with Crippen LogP contribution in [-0.4, -0.2) is 22.7 Å². The van der Waals surface area contributed by atoms with E-state index in [2.05, 4.69) is 6.92 Å². The third kappa shape index (κ3) is 5.70. The fourth-order valence-corrected chi connectivity index (χ4v) is 3.01. The Bertz CT molecular complexity index is 428. The third-order valence-electron chi connectivity index (χ3n) is 2.40. The number of halogens is 1. The summed E-state index contributed by atoms with van der Waals surface area (Å²) in [5.41, 5.74) is 0.0641. The fraction of sp³-hybridized carbons (Fsp3) is 0.538. The van der Waals surface area contributed by atoms with E-state index in [1.165, 1.54) is 6.07 Å². The lowest BCUT2D eigenvalue weighted by Crippen LogP contribution is -1.99. The number of non-ortho nitro benzene ring substituents is 1. The van der Waals surface area contributed by atoms with Gasteiger partial charge in [0.15, 0.2) is 0 Å². The van der Waals surface area contributed by atoms with Crippen molar-refractivity contribution in [3.05, 3.63) is 28.3 Å². The molecule has 0 amide bonds. The first-order valence-corrected chi connectivity index (χ1v) is 7.63. The molecule has 0 saturated heterocycles. The van der Waals surface area contributed by atoms with Crippen LogP contribution in [0.1, 0.15) is 26.7 Å². The Hall–Kier alpha value is -0.940. The summed E-state index contributed by atoms with van der Waals surface area (Å²) in [6.45, 7) is 4.61. The van der Waals surface area contributed by atoms with Crippen molar-refractivity contribution in [2.75, 3.05) is 12.5 Å². The highest BCUT2D eigenvalue weighted by atomic mass is 35.5. The Balaban J connectivity index is 2.89. The summed E-state index contributed by atoms with van der Waals surface area (Å²) in [5, 5.41) is 11.2. The molecule has 1 rings (SSSR count). The van der Waals surface area contributed by atoms with Gasteiger partial charge in [-0.1, -0.05) is 13.8 Å². The number of ether oxygens (including phenoxy) is 1. The quantitative estimate of drug-likeness (QED) is 0.307. The number of benzene rings is 1. The van der Waals surface area contributed by atoms with Gasteiger partial charge in [-0.25, -0.2) is 0 Å². The summed E-state index contributed by atoms with van der Waals surface area (Å²) in [7, 11) is 0. The van der Waals surface area contributed by atoms with Crippen LogP contribution in [0.15, 0.2) is 23.1 Å². The topological polar surface area (TPSA) is 52.4 Å². The van der Waals surface area contributed by atoms with Crippen molar-refractivity contribution in [3.63, 3.8) is 0 Å². The number of hydrogen-bond acceptors (Lipinski definition) is 4. The largest absolute Gasteiger partial charge is 0.493 e. The van der Waals surface area contributed by atoms with Gasteiger partial charge in [0.2, 0.25) is 0 Å². The van der Waals surface area contributed by atoms with Crippen molar-refractivity contribution in [2.24, 2.45) is 0 Å². The lowest BCUT2D eigenvalue weighted by Gasteiger charge is -2.11. The Kier molecular flexibility index (Phi) is 7.02. The van der Waals surface area contributed by atoms with Gasteiger partial charge in [-0.2, -0.15) is 0 Å². The molecular formula is C13H18ClNO3S. The smallest absolute Gasteiger partial charge is 0.274 e. The monoisotopic (exact) mass is 303 g/mol. The van der Waals surface area contributed by atoms with E-state index in [1.54, 1.807) is 17.8 Å². The van der Waals surface area contributed by atoms with Crippen LogP contribution >= 0.6 is 23.4 Å². The Morgan fingerprint density at radius 3 is 2.79 bits per heavy atom. The molecule has 0 aliphatic heterocycles. The molecule has 106 valence electrons. The zero-order valence-electron chi connectivity index (χ0n) is 11.1. The summed E-state index contributed by atoms with van der Waals surface area (Å²) in [6, 6.07) is 4.89. The maximum Gasteiger partial charge on any atom is 0.274 e. The highest BCUT2D eigenvalue weighted by molar-refractivity contribution is 8.00. The first kappa shape index (κ1) is 16.1. The highest BCUT2D eigenvalue weighted by Gasteiger charge is 2.13. The Morgan fingerprint density at radius 1 is 1.47 bits per heavy atom. The maximum atomic E-state index is 10.9. The van der Waals surface area contributed by atoms with Crippen molar-refractivity contribution in [1.82, 2.24) is 0 Å². The first-order valence-electron chi connectivity index (χ1n) is 6.21. The zero-order valence-corrected chi connectivity index (χ0v) is 12.7. The molecular weight excluding hydrogens is 286 g/mol. The molecule has 0 saturated carbocycles. The van der Waals surface area contributed by atoms with E-state index in [1.807, 2.05) is 13.0 Å². The van der Waals surface area contributed by atoms with Gasteiger partial charge < -0.3 is 4.74 Å². The standard InChI is InChI=1S/C13H18ClNO3S/c1-3-6-18-12-7-11(15(16)17)8-13(9-12)19-10(2)4-5-14/h7-10H,3-6H2,1-2H3. The van der Waals surface area contributed by atoms with Crippen LogP contribution in [0, 0.1) is 10.1 Å². The van der Waals surface area contributed by atoms with Crippen molar-refractivity contribution in [1.29, 1.82) is 0 Å². The maximum absolute atomic E-state index is 10.9. The number of thioether (sulfide) groups is 1. The summed E-state index contributed by atoms with van der Waals surface area (Å²) in [4.78, 5) is 11.4. The molecule has 0 aromatic heterocycles. The van der Waals surface area contributed by atoms with Gasteiger partial charge in [0.25, 0.3) is 5.69 Å². The summed E-state index contributed by atoms with van der Waals surface area (Å²) in [6.07, 6.45) is 1.73. The van der Waals surface area contributed by atoms with Gasteiger partial charge in [0.1, 0.15) is 5.75 Å². The second-order valence-corrected chi connectivity index (χ2v) is 6.06. The zero-order chi connectivity index (χ0) is 14.3. The minimum absolute atomic E-state index is 0.0641. The molecule has 6 heteroatoms. The number of nitro benzene ring substituents is 1. The number of nitrogens with zero attached hydrogens (tertiary/aromatic N) is 1. The minimum atomic E-state index is -0.394. The molecule has 0 fully saturated rings. The second kappa shape index (κ2) is 8.27. The summed E-state index contributed by atoms with van der Waals surface area (Å²) >= 11 is 7.28. The first-order chi connectivity index (χ1) is 9.06. The van der Waals surface area contributed by atoms with Crippen LogP contribution in [-0.2, 0) is 0 Å². The minimum Gasteiger partial charge on any atom is -0.493 e. The van der Waals surface area contributed by atoms with Crippen molar-refractivity contribution in [2.45, 2.75) is 36.8 Å². The predicted molar refractivity (Wildman–Crippen MR) is 79.5 cm³/mol. The van der Waals surface area contributed by atoms with Crippen molar-refractivity contribution < 1.29 is 9.66 Å². The second-order valence-electron chi connectivity index (χ2n) is 4.17. The lowest BCUT2D eigenvalue weighted by atomic mass is 10.3. The van der Waals surface area contributed by atoms with E-state index in [4.69, 9.17) is 16.3 Å². The van der Waals surface area contributed by atoms with Crippen LogP contribution in [0.3, 0.4) is 0 Å². The molecule has 0 aliphatic carbocycles. The summed E-state index contributed by atoms with van der Waals surface area (Å²) in [5.74, 6) is 1.14. The fourth-order valence-electron chi connectivity index (χ4n) is 1.48. The molecule has 0 aliphatic rings. The molecule has 1 atom stereocenters. The van der Waals surface area contributed by atoms with E-state index in [0.717, 1.165) is 17.7 Å². The number of hydrogen-bond donors (Lipinski definition) is 0. The molecule has 0 radical (unpaired) electrons. The molecule has 0 N–H and O–H groups in total. The van der Waals surface area contributed by atoms with Gasteiger partial charge in [-0.15, -0.1) is 23.4 Å². The lowest BCUT2D eigenvalue weighted by molar-refractivity contribution is -0.385. The van der Waals surface area contributed by atoms with Gasteiger partial charge in [-0.05, 0) is 18.9 Å². The number of alkyl halides is 1. The van der Waals surface area contributed by atoms with Crippen LogP contribution in [0.4, 0.5) is 5.69 Å². The highest BCUT2D eigenvalue weighted by Crippen LogP contribution is 2.32. The Labute approximate surface area is 122 Å². The van der Waals surface area contributed by atoms with Crippen LogP contribution in [0.25, 0.3) is 0 Å². The van der Waals surface area contributed by atoms with E-state index < -0.39 is 4.92 Å². The van der Waals surface area contributed by atoms with Crippen molar-refractivity contribution in [3.8, 4) is 5.75 Å². The average Bonchev–Trinajstić information content (AvgIpc) is 2.36. The predicted octanol–water partition coefficient (Wildman–Crippen LogP) is 4.49. The SMILES string of the molecule is CCCOc1cc(SC(C)CCCl)cc([N+](=O)[O-])c1. The average molecular weight is 304 g/mol. The number of nitro groups is 1. The Morgan fingerprint density at radius 2 is 2.21 bits per heavy atom. The van der Waals surface area contributed by atoms with Gasteiger partial charge in [0, 0.05) is 22.1 Å². The molecule has 1 aromatic carbocycles. The van der Waals surface area contributed by atoms with Crippen LogP contribution in [0.2, 0.25) is 0 Å². The third-order valence-corrected chi connectivity index (χ3v) is 3.77. The van der Waals surface area contributed by atoms with E-state index in [9.17, 15) is 10.1 Å². The molecule has 0 spiro atoms. The molecule has 1 aromatic rings. The molecule has 1 unspecified atom stereocenters. The van der Waals surface area contributed by atoms with Crippen LogP contribution < -0.4 is 4.74 Å². The van der Waals surface area contributed by atoms with Crippen LogP contribution in [0.5, 0.6) is 5.75 Å². The molecule has 0 heterocycles. The molecule has 19 heavy (non-hydrogen) atoms. The molecule has 0 bridgehead atoms. The van der Waals surface area contributed by atoms with Gasteiger partial charge in [0.05, 0.1) is 17.6 Å². The number of rotatable bonds is 8. The van der Waals surface area contributed by atoms with Gasteiger partial charge in [-0.3, -0.25) is 10.1 Å². The van der Waals surface area contributed by atoms with Crippen molar-refractivity contribution >= 4 is 29.1 Å². The summed E-state index contributed by atoms with van der Waals surface area (Å²) < 4.78 is 5.48. The van der Waals surface area contributed by atoms with E-state index in [-0.39, 0.29) is 5.69 Å². The van der Waals surface area contributed by atoms with Gasteiger partial charge >= 0.3 is 0 Å².